The third kappa shape index (κ3) is 3.67. The Labute approximate surface area is 181 Å². The van der Waals surface area contributed by atoms with Gasteiger partial charge in [0.25, 0.3) is 11.7 Å². The van der Waals surface area contributed by atoms with Crippen LogP contribution in [0.4, 0.5) is 0 Å². The van der Waals surface area contributed by atoms with Crippen LogP contribution in [0, 0.1) is 0 Å². The summed E-state index contributed by atoms with van der Waals surface area (Å²) in [6.45, 7) is 2.50. The summed E-state index contributed by atoms with van der Waals surface area (Å²) in [7, 11) is 1.56. The van der Waals surface area contributed by atoms with Crippen molar-refractivity contribution in [3.05, 3.63) is 83.4 Å². The average molecular weight is 415 g/mol. The van der Waals surface area contributed by atoms with Crippen molar-refractivity contribution in [1.82, 2.24) is 4.90 Å². The number of likely N-dealkylation sites (tertiary alicyclic amines) is 1. The van der Waals surface area contributed by atoms with Crippen LogP contribution < -0.4 is 4.74 Å². The first-order chi connectivity index (χ1) is 15.1. The molecule has 3 aromatic carbocycles. The van der Waals surface area contributed by atoms with Crippen molar-refractivity contribution < 1.29 is 19.4 Å². The van der Waals surface area contributed by atoms with Crippen LogP contribution in [-0.4, -0.2) is 35.4 Å². The highest BCUT2D eigenvalue weighted by Crippen LogP contribution is 2.42. The Morgan fingerprint density at radius 1 is 1.00 bits per heavy atom. The minimum atomic E-state index is -0.651. The summed E-state index contributed by atoms with van der Waals surface area (Å²) < 4.78 is 5.19. The van der Waals surface area contributed by atoms with Gasteiger partial charge in [0.15, 0.2) is 0 Å². The molecule has 1 N–H and O–H groups in total. The maximum atomic E-state index is 13.1. The molecule has 1 saturated heterocycles. The second-order valence-electron chi connectivity index (χ2n) is 7.64. The topological polar surface area (TPSA) is 66.8 Å². The molecule has 1 unspecified atom stereocenters. The zero-order valence-electron chi connectivity index (χ0n) is 17.7. The number of benzene rings is 3. The highest BCUT2D eigenvalue weighted by Gasteiger charge is 2.46. The van der Waals surface area contributed by atoms with Crippen molar-refractivity contribution in [3.63, 3.8) is 0 Å². The third-order valence-corrected chi connectivity index (χ3v) is 5.77. The number of nitrogens with zero attached hydrogens (tertiary/aromatic N) is 1. The number of hydrogen-bond donors (Lipinski definition) is 1. The molecule has 4 rings (SSSR count). The number of Topliss-reactive ketones (excluding diaryl/α,β-unsaturated/α-hetero) is 1. The van der Waals surface area contributed by atoms with Crippen molar-refractivity contribution in [1.29, 1.82) is 0 Å². The van der Waals surface area contributed by atoms with Crippen LogP contribution >= 0.6 is 0 Å². The summed E-state index contributed by atoms with van der Waals surface area (Å²) in [5.41, 5.74) is 1.44. The van der Waals surface area contributed by atoms with Crippen LogP contribution in [-0.2, 0) is 9.59 Å². The Bertz CT molecular complexity index is 1160. The molecule has 0 saturated carbocycles. The lowest BCUT2D eigenvalue weighted by Gasteiger charge is -2.26. The fourth-order valence-electron chi connectivity index (χ4n) is 4.16. The van der Waals surface area contributed by atoms with Crippen molar-refractivity contribution in [3.8, 4) is 5.75 Å². The first kappa shape index (κ1) is 20.7. The smallest absolute Gasteiger partial charge is 0.295 e. The van der Waals surface area contributed by atoms with E-state index in [2.05, 4.69) is 0 Å². The Kier molecular flexibility index (Phi) is 5.76. The monoisotopic (exact) mass is 415 g/mol. The lowest BCUT2D eigenvalue weighted by Crippen LogP contribution is -2.30. The normalized spacial score (nSPS) is 18.0. The number of carbonyl (C=O) groups excluding carboxylic acids is 2. The number of aliphatic hydroxyl groups excluding tert-OH is 1. The highest BCUT2D eigenvalue weighted by atomic mass is 16.5. The van der Waals surface area contributed by atoms with E-state index in [9.17, 15) is 14.7 Å². The van der Waals surface area contributed by atoms with Crippen molar-refractivity contribution in [2.75, 3.05) is 13.7 Å². The third-order valence-electron chi connectivity index (χ3n) is 5.77. The number of methoxy groups -OCH3 is 1. The molecular formula is C26H25NO4. The van der Waals surface area contributed by atoms with E-state index >= 15 is 0 Å². The second kappa shape index (κ2) is 8.64. The number of ether oxygens (including phenoxy) is 1. The van der Waals surface area contributed by atoms with Crippen LogP contribution in [0.25, 0.3) is 16.5 Å². The summed E-state index contributed by atoms with van der Waals surface area (Å²) in [4.78, 5) is 27.7. The van der Waals surface area contributed by atoms with Gasteiger partial charge in [-0.15, -0.1) is 0 Å². The van der Waals surface area contributed by atoms with E-state index in [4.69, 9.17) is 4.74 Å². The number of amides is 1. The highest BCUT2D eigenvalue weighted by molar-refractivity contribution is 6.46. The number of unbranched alkanes of at least 4 members (excludes halogenated alkanes) is 1. The molecule has 158 valence electrons. The molecule has 1 heterocycles. The van der Waals surface area contributed by atoms with Gasteiger partial charge in [-0.05, 0) is 47.0 Å². The predicted octanol–water partition coefficient (Wildman–Crippen LogP) is 5.07. The Morgan fingerprint density at radius 3 is 2.42 bits per heavy atom. The predicted molar refractivity (Wildman–Crippen MR) is 121 cm³/mol. The van der Waals surface area contributed by atoms with Crippen molar-refractivity contribution >= 4 is 28.2 Å². The van der Waals surface area contributed by atoms with Gasteiger partial charge in [0.1, 0.15) is 11.5 Å². The van der Waals surface area contributed by atoms with E-state index in [0.717, 1.165) is 29.2 Å². The molecule has 0 spiro atoms. The van der Waals surface area contributed by atoms with E-state index < -0.39 is 17.7 Å². The number of carbonyl (C=O) groups is 2. The second-order valence-corrected chi connectivity index (χ2v) is 7.64. The van der Waals surface area contributed by atoms with Gasteiger partial charge < -0.3 is 14.7 Å². The molecule has 5 nitrogen and oxygen atoms in total. The van der Waals surface area contributed by atoms with Gasteiger partial charge >= 0.3 is 0 Å². The summed E-state index contributed by atoms with van der Waals surface area (Å²) in [6, 6.07) is 19.9. The largest absolute Gasteiger partial charge is 0.507 e. The minimum Gasteiger partial charge on any atom is -0.507 e. The molecule has 1 aliphatic rings. The van der Waals surface area contributed by atoms with Gasteiger partial charge in [-0.3, -0.25) is 9.59 Å². The molecule has 0 aromatic heterocycles. The molecule has 1 aliphatic heterocycles. The molecular weight excluding hydrogens is 390 g/mol. The van der Waals surface area contributed by atoms with Crippen LogP contribution in [0.5, 0.6) is 5.75 Å². The quantitative estimate of drug-likeness (QED) is 0.347. The van der Waals surface area contributed by atoms with E-state index in [0.29, 0.717) is 17.9 Å². The number of rotatable bonds is 6. The molecule has 1 atom stereocenters. The summed E-state index contributed by atoms with van der Waals surface area (Å²) in [5, 5.41) is 13.1. The number of hydrogen-bond acceptors (Lipinski definition) is 4. The van der Waals surface area contributed by atoms with Gasteiger partial charge in [0.05, 0.1) is 18.7 Å². The first-order valence-electron chi connectivity index (χ1n) is 10.5. The molecule has 3 aromatic rings. The Morgan fingerprint density at radius 2 is 1.71 bits per heavy atom. The number of fused-ring (bicyclic) bond motifs is 1. The van der Waals surface area contributed by atoms with Crippen LogP contribution in [0.3, 0.4) is 0 Å². The maximum absolute atomic E-state index is 13.1. The number of ketones is 1. The van der Waals surface area contributed by atoms with Crippen LogP contribution in [0.1, 0.15) is 36.9 Å². The molecule has 0 radical (unpaired) electrons. The van der Waals surface area contributed by atoms with E-state index in [1.54, 1.807) is 36.3 Å². The van der Waals surface area contributed by atoms with Gasteiger partial charge in [0.2, 0.25) is 0 Å². The lowest BCUT2D eigenvalue weighted by atomic mass is 9.91. The first-order valence-corrected chi connectivity index (χ1v) is 10.5. The summed E-state index contributed by atoms with van der Waals surface area (Å²) in [6.07, 6.45) is 1.67. The molecule has 1 amide bonds. The van der Waals surface area contributed by atoms with E-state index in [1.807, 2.05) is 49.4 Å². The Hall–Kier alpha value is -3.60. The lowest BCUT2D eigenvalue weighted by molar-refractivity contribution is -0.139. The summed E-state index contributed by atoms with van der Waals surface area (Å²) >= 11 is 0. The van der Waals surface area contributed by atoms with E-state index in [-0.39, 0.29) is 11.3 Å². The number of aliphatic hydroxyl groups is 1. The SMILES string of the molecule is CCCCN1C(=O)C(=O)/C(=C(\O)c2ccc(OC)cc2)C1c1cccc2ccccc12. The molecule has 0 aliphatic carbocycles. The molecule has 1 fully saturated rings. The average Bonchev–Trinajstić information content (AvgIpc) is 3.06. The molecule has 31 heavy (non-hydrogen) atoms. The van der Waals surface area contributed by atoms with Crippen molar-refractivity contribution in [2.45, 2.75) is 25.8 Å². The maximum Gasteiger partial charge on any atom is 0.295 e. The van der Waals surface area contributed by atoms with Gasteiger partial charge in [0, 0.05) is 12.1 Å². The van der Waals surface area contributed by atoms with Gasteiger partial charge in [-0.2, -0.15) is 0 Å². The molecule has 5 heteroatoms. The zero-order chi connectivity index (χ0) is 22.0. The zero-order valence-corrected chi connectivity index (χ0v) is 17.7. The fraction of sp³-hybridized carbons (Fsp3) is 0.231. The van der Waals surface area contributed by atoms with Crippen LogP contribution in [0.2, 0.25) is 0 Å². The standard InChI is InChI=1S/C26H25NO4/c1-3-4-16-27-23(21-11-7-9-17-8-5-6-10-20(17)21)22(25(29)26(27)30)24(28)18-12-14-19(31-2)15-13-18/h5-15,23,28H,3-4,16H2,1-2H3/b24-22-. The van der Waals surface area contributed by atoms with Gasteiger partial charge in [-0.1, -0.05) is 55.8 Å². The minimum absolute atomic E-state index is 0.127. The summed E-state index contributed by atoms with van der Waals surface area (Å²) in [5.74, 6) is -0.743. The molecule has 0 bridgehead atoms. The fourth-order valence-corrected chi connectivity index (χ4v) is 4.16. The van der Waals surface area contributed by atoms with Crippen molar-refractivity contribution in [2.24, 2.45) is 0 Å². The van der Waals surface area contributed by atoms with E-state index in [1.165, 1.54) is 0 Å². The Balaban J connectivity index is 1.92. The van der Waals surface area contributed by atoms with Crippen LogP contribution in [0.15, 0.2) is 72.3 Å². The van der Waals surface area contributed by atoms with Gasteiger partial charge in [-0.25, -0.2) is 0 Å².